The van der Waals surface area contributed by atoms with Crippen molar-refractivity contribution in [3.8, 4) is 0 Å². The van der Waals surface area contributed by atoms with Crippen molar-refractivity contribution in [1.82, 2.24) is 4.72 Å². The quantitative estimate of drug-likeness (QED) is 0.768. The molecule has 1 amide bonds. The van der Waals surface area contributed by atoms with E-state index in [-0.39, 0.29) is 6.61 Å². The summed E-state index contributed by atoms with van der Waals surface area (Å²) in [5, 5.41) is 0. The van der Waals surface area contributed by atoms with Crippen molar-refractivity contribution in [3.05, 3.63) is 0 Å². The summed E-state index contributed by atoms with van der Waals surface area (Å²) < 4.78 is 32.4. The molecule has 0 rings (SSSR count). The van der Waals surface area contributed by atoms with Gasteiger partial charge in [0, 0.05) is 0 Å². The average Bonchev–Trinajstić information content (AvgIpc) is 1.78. The molecule has 0 aliphatic rings. The third-order valence-electron chi connectivity index (χ3n) is 0.880. The van der Waals surface area contributed by atoms with Crippen molar-refractivity contribution in [2.24, 2.45) is 0 Å². The van der Waals surface area contributed by atoms with Crippen LogP contribution in [0.15, 0.2) is 0 Å². The van der Waals surface area contributed by atoms with Crippen LogP contribution in [-0.4, -0.2) is 26.7 Å². The Morgan fingerprint density at radius 3 is 2.21 bits per heavy atom. The van der Waals surface area contributed by atoms with Crippen molar-refractivity contribution >= 4 is 16.4 Å². The van der Waals surface area contributed by atoms with Crippen molar-refractivity contribution in [1.29, 1.82) is 0 Å². The first-order chi connectivity index (χ1) is 6.16. The first-order valence-electron chi connectivity index (χ1n) is 4.06. The molecule has 7 heteroatoms. The fraction of sp³-hybridized carbons (Fsp3) is 0.857. The molecule has 0 saturated heterocycles. The molecule has 0 atom stereocenters. The molecule has 0 aromatic heterocycles. The molecule has 0 aromatic carbocycles. The normalized spacial score (nSPS) is 12.3. The van der Waals surface area contributed by atoms with Gasteiger partial charge in [-0.1, -0.05) is 0 Å². The lowest BCUT2D eigenvalue weighted by atomic mass is 10.2. The third-order valence-corrected chi connectivity index (χ3v) is 1.84. The zero-order valence-electron chi connectivity index (χ0n) is 8.66. The Labute approximate surface area is 83.8 Å². The molecule has 0 aliphatic carbocycles. The topological polar surface area (TPSA) is 81.7 Å². The van der Waals surface area contributed by atoms with Crippen LogP contribution in [0.3, 0.4) is 0 Å². The van der Waals surface area contributed by atoms with Crippen LogP contribution >= 0.6 is 0 Å². The van der Waals surface area contributed by atoms with Gasteiger partial charge in [0.1, 0.15) is 5.60 Å². The Morgan fingerprint density at radius 2 is 1.86 bits per heavy atom. The highest BCUT2D eigenvalue weighted by atomic mass is 32.2. The number of amides is 1. The SMILES string of the molecule is CCOS(=O)(=O)NC(=O)OC(C)(C)C. The highest BCUT2D eigenvalue weighted by Crippen LogP contribution is 2.06. The number of nitrogens with one attached hydrogen (secondary N) is 1. The molecule has 0 saturated carbocycles. The van der Waals surface area contributed by atoms with Gasteiger partial charge in [-0.3, -0.25) is 4.18 Å². The van der Waals surface area contributed by atoms with E-state index in [0.717, 1.165) is 0 Å². The Balaban J connectivity index is 4.21. The van der Waals surface area contributed by atoms with Crippen molar-refractivity contribution in [2.75, 3.05) is 6.61 Å². The highest BCUT2D eigenvalue weighted by Gasteiger charge is 2.21. The van der Waals surface area contributed by atoms with Crippen LogP contribution < -0.4 is 4.72 Å². The minimum absolute atomic E-state index is 0.0435. The van der Waals surface area contributed by atoms with E-state index in [1.165, 1.54) is 6.92 Å². The Kier molecular flexibility index (Phi) is 4.34. The number of hydrogen-bond acceptors (Lipinski definition) is 5. The van der Waals surface area contributed by atoms with E-state index >= 15 is 0 Å². The van der Waals surface area contributed by atoms with Gasteiger partial charge in [-0.15, -0.1) is 0 Å². The first kappa shape index (κ1) is 13.2. The highest BCUT2D eigenvalue weighted by molar-refractivity contribution is 7.85. The number of hydrogen-bond donors (Lipinski definition) is 1. The molecular formula is C7H15NO5S. The van der Waals surface area contributed by atoms with E-state index in [1.807, 2.05) is 0 Å². The summed E-state index contributed by atoms with van der Waals surface area (Å²) in [6, 6.07) is 0. The van der Waals surface area contributed by atoms with Gasteiger partial charge in [0.25, 0.3) is 0 Å². The summed E-state index contributed by atoms with van der Waals surface area (Å²) in [4.78, 5) is 11.0. The number of carbonyl (C=O) groups excluding carboxylic acids is 1. The number of carbonyl (C=O) groups is 1. The molecule has 0 bridgehead atoms. The van der Waals surface area contributed by atoms with Gasteiger partial charge < -0.3 is 4.74 Å². The Bertz CT molecular complexity index is 290. The second-order valence-corrected chi connectivity index (χ2v) is 4.81. The minimum Gasteiger partial charge on any atom is -0.443 e. The second-order valence-electron chi connectivity index (χ2n) is 3.46. The van der Waals surface area contributed by atoms with E-state index in [2.05, 4.69) is 4.18 Å². The maximum Gasteiger partial charge on any atom is 0.423 e. The molecule has 0 aliphatic heterocycles. The lowest BCUT2D eigenvalue weighted by Crippen LogP contribution is -2.37. The fourth-order valence-corrected chi connectivity index (χ4v) is 1.20. The van der Waals surface area contributed by atoms with Gasteiger partial charge in [-0.25, -0.2) is 4.79 Å². The summed E-state index contributed by atoms with van der Waals surface area (Å²) in [5.74, 6) is 0. The van der Waals surface area contributed by atoms with Gasteiger partial charge in [0.05, 0.1) is 6.61 Å². The standard InChI is InChI=1S/C7H15NO5S/c1-5-12-14(10,11)8-6(9)13-7(2,3)4/h5H2,1-4H3,(H,8,9). The van der Waals surface area contributed by atoms with Crippen molar-refractivity contribution in [3.63, 3.8) is 0 Å². The van der Waals surface area contributed by atoms with Gasteiger partial charge >= 0.3 is 16.4 Å². The Morgan fingerprint density at radius 1 is 1.36 bits per heavy atom. The molecule has 0 aromatic rings. The maximum atomic E-state index is 11.0. The largest absolute Gasteiger partial charge is 0.443 e. The van der Waals surface area contributed by atoms with Crippen molar-refractivity contribution in [2.45, 2.75) is 33.3 Å². The van der Waals surface area contributed by atoms with E-state index in [0.29, 0.717) is 0 Å². The molecule has 1 N–H and O–H groups in total. The van der Waals surface area contributed by atoms with Crippen LogP contribution in [0.5, 0.6) is 0 Å². The zero-order chi connectivity index (χ0) is 11.4. The van der Waals surface area contributed by atoms with Gasteiger partial charge in [0.2, 0.25) is 0 Å². The predicted octanol–water partition coefficient (Wildman–Crippen LogP) is 0.792. The van der Waals surface area contributed by atoms with Gasteiger partial charge in [-0.2, -0.15) is 13.1 Å². The Hall–Kier alpha value is -0.820. The van der Waals surface area contributed by atoms with Crippen LogP contribution in [0.2, 0.25) is 0 Å². The van der Waals surface area contributed by atoms with E-state index < -0.39 is 22.0 Å². The fourth-order valence-electron chi connectivity index (χ4n) is 0.586. The average molecular weight is 225 g/mol. The maximum absolute atomic E-state index is 11.0. The van der Waals surface area contributed by atoms with Gasteiger partial charge in [0.15, 0.2) is 0 Å². The lowest BCUT2D eigenvalue weighted by Gasteiger charge is -2.19. The number of rotatable bonds is 3. The van der Waals surface area contributed by atoms with Crippen LogP contribution in [0.25, 0.3) is 0 Å². The molecule has 0 heterocycles. The summed E-state index contributed by atoms with van der Waals surface area (Å²) in [5.41, 5.74) is -0.744. The van der Waals surface area contributed by atoms with E-state index in [9.17, 15) is 13.2 Å². The lowest BCUT2D eigenvalue weighted by molar-refractivity contribution is 0.0564. The molecule has 0 fully saturated rings. The molecule has 0 unspecified atom stereocenters. The van der Waals surface area contributed by atoms with Gasteiger partial charge in [-0.05, 0) is 27.7 Å². The van der Waals surface area contributed by atoms with E-state index in [1.54, 1.807) is 25.5 Å². The molecule has 0 radical (unpaired) electrons. The predicted molar refractivity (Wildman–Crippen MR) is 49.9 cm³/mol. The summed E-state index contributed by atoms with van der Waals surface area (Å²) >= 11 is 0. The van der Waals surface area contributed by atoms with E-state index in [4.69, 9.17) is 4.74 Å². The first-order valence-corrected chi connectivity index (χ1v) is 5.47. The van der Waals surface area contributed by atoms with Crippen molar-refractivity contribution < 1.29 is 22.1 Å². The summed E-state index contributed by atoms with van der Waals surface area (Å²) in [6.07, 6.45) is -1.05. The molecule has 84 valence electrons. The summed E-state index contributed by atoms with van der Waals surface area (Å²) in [7, 11) is -4.03. The molecular weight excluding hydrogens is 210 g/mol. The summed E-state index contributed by atoms with van der Waals surface area (Å²) in [6.45, 7) is 6.33. The van der Waals surface area contributed by atoms with Crippen LogP contribution in [0.4, 0.5) is 4.79 Å². The van der Waals surface area contributed by atoms with Crippen LogP contribution in [-0.2, 0) is 19.2 Å². The van der Waals surface area contributed by atoms with Crippen LogP contribution in [0, 0.1) is 0 Å². The second kappa shape index (κ2) is 4.61. The molecule has 6 nitrogen and oxygen atoms in total. The third kappa shape index (κ3) is 6.67. The number of ether oxygens (including phenoxy) is 1. The van der Waals surface area contributed by atoms with Crippen LogP contribution in [0.1, 0.15) is 27.7 Å². The smallest absolute Gasteiger partial charge is 0.423 e. The molecule has 0 spiro atoms. The minimum atomic E-state index is -4.03. The zero-order valence-corrected chi connectivity index (χ0v) is 9.47. The molecule has 14 heavy (non-hydrogen) atoms. The monoisotopic (exact) mass is 225 g/mol.